The van der Waals surface area contributed by atoms with Gasteiger partial charge in [0.25, 0.3) is 5.56 Å². The van der Waals surface area contributed by atoms with E-state index in [1.54, 1.807) is 10.6 Å². The second kappa shape index (κ2) is 10.9. The van der Waals surface area contributed by atoms with Crippen LogP contribution in [0, 0.1) is 11.3 Å². The molecule has 3 aromatic rings. The molecular weight excluding hydrogens is 587 g/mol. The molecule has 3 aliphatic rings. The average Bonchev–Trinajstić information content (AvgIpc) is 3.60. The van der Waals surface area contributed by atoms with Crippen LogP contribution in [-0.4, -0.2) is 74.2 Å². The lowest BCUT2D eigenvalue weighted by molar-refractivity contribution is -0.165. The molecule has 6 rings (SSSR count). The number of piperidine rings is 1. The highest BCUT2D eigenvalue weighted by Gasteiger charge is 2.68. The molecule has 232 valence electrons. The highest BCUT2D eigenvalue weighted by atomic mass is 35.5. The summed E-state index contributed by atoms with van der Waals surface area (Å²) in [6.07, 6.45) is -1.81. The van der Waals surface area contributed by atoms with Crippen molar-refractivity contribution in [1.29, 1.82) is 0 Å². The normalized spacial score (nSPS) is 27.4. The SMILES string of the molecule is CC[C@H]1CN[C@H](c2ccc(-n3c(Cl)cc4c(=O)n(CC5(O)CCN(C(=O)[C@]6(C)C[C@H]6C(F)(F)F)CC5)cnc43)cc2)CO1. The van der Waals surface area contributed by atoms with E-state index in [-0.39, 0.29) is 56.6 Å². The molecule has 1 aromatic carbocycles. The van der Waals surface area contributed by atoms with Crippen molar-refractivity contribution in [3.05, 3.63) is 57.7 Å². The van der Waals surface area contributed by atoms with Gasteiger partial charge in [0.2, 0.25) is 5.91 Å². The van der Waals surface area contributed by atoms with Crippen molar-refractivity contribution >= 4 is 28.5 Å². The van der Waals surface area contributed by atoms with Crippen molar-refractivity contribution in [2.24, 2.45) is 11.3 Å². The molecule has 13 heteroatoms. The van der Waals surface area contributed by atoms with E-state index >= 15 is 0 Å². The van der Waals surface area contributed by atoms with Gasteiger partial charge in [0.15, 0.2) is 5.65 Å². The molecule has 4 atom stereocenters. The van der Waals surface area contributed by atoms with Gasteiger partial charge in [0.1, 0.15) is 11.5 Å². The van der Waals surface area contributed by atoms with E-state index in [1.807, 2.05) is 24.3 Å². The zero-order chi connectivity index (χ0) is 30.7. The first-order valence-corrected chi connectivity index (χ1v) is 15.0. The number of morpholine rings is 1. The number of halogens is 4. The van der Waals surface area contributed by atoms with Gasteiger partial charge >= 0.3 is 6.18 Å². The van der Waals surface area contributed by atoms with E-state index in [2.05, 4.69) is 17.2 Å². The number of benzene rings is 1. The van der Waals surface area contributed by atoms with Crippen LogP contribution in [0.3, 0.4) is 0 Å². The third-order valence-electron chi connectivity index (χ3n) is 9.41. The summed E-state index contributed by atoms with van der Waals surface area (Å²) in [5, 5.41) is 15.4. The van der Waals surface area contributed by atoms with Crippen LogP contribution in [0.5, 0.6) is 0 Å². The number of ether oxygens (including phenoxy) is 1. The molecule has 2 aliphatic heterocycles. The number of aromatic nitrogens is 3. The van der Waals surface area contributed by atoms with Gasteiger partial charge in [-0.15, -0.1) is 0 Å². The zero-order valence-corrected chi connectivity index (χ0v) is 24.8. The summed E-state index contributed by atoms with van der Waals surface area (Å²) < 4.78 is 48.3. The second-order valence-electron chi connectivity index (χ2n) is 12.4. The Bertz CT molecular complexity index is 1570. The molecule has 1 saturated carbocycles. The third-order valence-corrected chi connectivity index (χ3v) is 9.68. The van der Waals surface area contributed by atoms with E-state index < -0.39 is 29.0 Å². The third kappa shape index (κ3) is 5.58. The highest BCUT2D eigenvalue weighted by Crippen LogP contribution is 2.61. The predicted molar refractivity (Wildman–Crippen MR) is 154 cm³/mol. The number of likely N-dealkylation sites (tertiary alicyclic amines) is 1. The summed E-state index contributed by atoms with van der Waals surface area (Å²) in [4.78, 5) is 32.2. The van der Waals surface area contributed by atoms with Gasteiger partial charge in [-0.2, -0.15) is 13.2 Å². The molecule has 1 aliphatic carbocycles. The number of nitrogens with zero attached hydrogens (tertiary/aromatic N) is 4. The molecule has 0 bridgehead atoms. The van der Waals surface area contributed by atoms with Gasteiger partial charge in [-0.05, 0) is 49.4 Å². The number of rotatable bonds is 6. The summed E-state index contributed by atoms with van der Waals surface area (Å²) in [6, 6.07) is 9.45. The number of alkyl halides is 3. The smallest absolute Gasteiger partial charge is 0.388 e. The lowest BCUT2D eigenvalue weighted by Gasteiger charge is -2.39. The molecule has 4 heterocycles. The molecule has 0 spiro atoms. The van der Waals surface area contributed by atoms with E-state index in [1.165, 1.54) is 22.7 Å². The van der Waals surface area contributed by atoms with Crippen LogP contribution in [-0.2, 0) is 16.1 Å². The number of carbonyl (C=O) groups is 1. The Morgan fingerprint density at radius 3 is 2.51 bits per heavy atom. The summed E-state index contributed by atoms with van der Waals surface area (Å²) in [6.45, 7) is 4.99. The molecule has 43 heavy (non-hydrogen) atoms. The van der Waals surface area contributed by atoms with Crippen molar-refractivity contribution < 1.29 is 27.8 Å². The topological polar surface area (TPSA) is 102 Å². The molecule has 2 saturated heterocycles. The number of amides is 1. The molecule has 1 amide bonds. The maximum Gasteiger partial charge on any atom is 0.392 e. The van der Waals surface area contributed by atoms with Crippen molar-refractivity contribution in [3.8, 4) is 5.69 Å². The maximum atomic E-state index is 13.4. The van der Waals surface area contributed by atoms with E-state index in [0.29, 0.717) is 22.8 Å². The van der Waals surface area contributed by atoms with Crippen LogP contribution < -0.4 is 10.9 Å². The Morgan fingerprint density at radius 2 is 1.93 bits per heavy atom. The van der Waals surface area contributed by atoms with Gasteiger partial charge in [0, 0.05) is 25.3 Å². The molecule has 3 fully saturated rings. The van der Waals surface area contributed by atoms with Gasteiger partial charge < -0.3 is 20.1 Å². The summed E-state index contributed by atoms with van der Waals surface area (Å²) in [5.74, 6) is -2.16. The first-order valence-electron chi connectivity index (χ1n) is 14.6. The second-order valence-corrected chi connectivity index (χ2v) is 12.8. The molecule has 2 N–H and O–H groups in total. The van der Waals surface area contributed by atoms with Crippen molar-refractivity contribution in [1.82, 2.24) is 24.3 Å². The Labute approximate surface area is 251 Å². The minimum atomic E-state index is -4.40. The fraction of sp³-hybridized carbons (Fsp3) is 0.567. The van der Waals surface area contributed by atoms with E-state index in [4.69, 9.17) is 16.3 Å². The number of hydrogen-bond donors (Lipinski definition) is 2. The molecule has 9 nitrogen and oxygen atoms in total. The van der Waals surface area contributed by atoms with Gasteiger partial charge in [-0.1, -0.05) is 37.6 Å². The van der Waals surface area contributed by atoms with E-state index in [0.717, 1.165) is 24.2 Å². The summed E-state index contributed by atoms with van der Waals surface area (Å²) in [5.41, 5.74) is -0.931. The van der Waals surface area contributed by atoms with Gasteiger partial charge in [-0.3, -0.25) is 18.7 Å². The van der Waals surface area contributed by atoms with Crippen LogP contribution in [0.2, 0.25) is 5.15 Å². The van der Waals surface area contributed by atoms with Crippen LogP contribution in [0.1, 0.15) is 51.1 Å². The summed E-state index contributed by atoms with van der Waals surface area (Å²) in [7, 11) is 0. The Morgan fingerprint density at radius 1 is 1.23 bits per heavy atom. The van der Waals surface area contributed by atoms with E-state index in [9.17, 15) is 27.9 Å². The number of hydrogen-bond acceptors (Lipinski definition) is 6. The predicted octanol–water partition coefficient (Wildman–Crippen LogP) is 4.22. The molecule has 0 unspecified atom stereocenters. The average molecular weight is 622 g/mol. The lowest BCUT2D eigenvalue weighted by atomic mass is 9.90. The van der Waals surface area contributed by atoms with Crippen molar-refractivity contribution in [2.45, 2.75) is 70.0 Å². The zero-order valence-electron chi connectivity index (χ0n) is 24.0. The molecular formula is C30H35ClF3N5O4. The Kier molecular flexibility index (Phi) is 7.63. The standard InChI is InChI=1S/C30H35ClF3N5O4/c1-3-20-14-35-22(15-43-20)18-4-6-19(7-5-18)39-24(31)12-21-25(39)36-17-38(26(21)40)16-29(42)8-10-37(11-9-29)27(41)28(2)13-23(28)30(32,33)34/h4-7,12,17,20,22-23,35,42H,3,8-11,13-16H2,1-2H3/t20-,22-,23+,28+/m0/s1. The lowest BCUT2D eigenvalue weighted by Crippen LogP contribution is -2.51. The quantitative estimate of drug-likeness (QED) is 0.428. The first-order chi connectivity index (χ1) is 20.3. The van der Waals surface area contributed by atoms with Crippen LogP contribution in [0.4, 0.5) is 13.2 Å². The number of nitrogens with one attached hydrogen (secondary N) is 1. The van der Waals surface area contributed by atoms with Crippen molar-refractivity contribution in [3.63, 3.8) is 0 Å². The fourth-order valence-corrected chi connectivity index (χ4v) is 6.73. The van der Waals surface area contributed by atoms with Gasteiger partial charge in [-0.25, -0.2) is 4.98 Å². The van der Waals surface area contributed by atoms with Gasteiger partial charge in [0.05, 0.1) is 47.6 Å². The number of fused-ring (bicyclic) bond motifs is 1. The Hall–Kier alpha value is -2.93. The van der Waals surface area contributed by atoms with Crippen LogP contribution >= 0.6 is 11.6 Å². The first kappa shape index (κ1) is 30.1. The monoisotopic (exact) mass is 621 g/mol. The largest absolute Gasteiger partial charge is 0.392 e. The molecule has 2 aromatic heterocycles. The van der Waals surface area contributed by atoms with Crippen molar-refractivity contribution in [2.75, 3.05) is 26.2 Å². The minimum Gasteiger partial charge on any atom is -0.388 e. The van der Waals surface area contributed by atoms with Crippen LogP contribution in [0.15, 0.2) is 41.5 Å². The highest BCUT2D eigenvalue weighted by molar-refractivity contribution is 6.31. The summed E-state index contributed by atoms with van der Waals surface area (Å²) >= 11 is 6.58. The van der Waals surface area contributed by atoms with Crippen LogP contribution in [0.25, 0.3) is 16.7 Å². The Balaban J connectivity index is 1.15. The molecule has 0 radical (unpaired) electrons. The fourth-order valence-electron chi connectivity index (χ4n) is 6.44. The maximum absolute atomic E-state index is 13.4. The number of aliphatic hydroxyl groups is 1. The minimum absolute atomic E-state index is 0.0634. The number of carbonyl (C=O) groups excluding carboxylic acids is 1.